The molecule has 0 saturated heterocycles. The van der Waals surface area contributed by atoms with E-state index in [1.807, 2.05) is 12.1 Å². The summed E-state index contributed by atoms with van der Waals surface area (Å²) in [4.78, 5) is 2.40. The van der Waals surface area contributed by atoms with Crippen LogP contribution >= 0.6 is 0 Å². The number of hydrogen-bond acceptors (Lipinski definition) is 3. The minimum absolute atomic E-state index is 0.120. The monoisotopic (exact) mass is 819 g/mol. The van der Waals surface area contributed by atoms with Crippen molar-refractivity contribution in [1.29, 1.82) is 0 Å². The van der Waals surface area contributed by atoms with Gasteiger partial charge in [-0.15, -0.1) is 0 Å². The van der Waals surface area contributed by atoms with Crippen molar-refractivity contribution in [3.8, 4) is 44.5 Å². The summed E-state index contributed by atoms with van der Waals surface area (Å²) in [5.74, 6) is 0. The molecule has 64 heavy (non-hydrogen) atoms. The van der Waals surface area contributed by atoms with Gasteiger partial charge in [0, 0.05) is 49.5 Å². The van der Waals surface area contributed by atoms with Crippen molar-refractivity contribution in [3.05, 3.63) is 223 Å². The Kier molecular flexibility index (Phi) is 7.95. The van der Waals surface area contributed by atoms with Gasteiger partial charge in [-0.05, 0) is 110 Å². The summed E-state index contributed by atoms with van der Waals surface area (Å²) >= 11 is 0. The number of furan rings is 2. The molecule has 10 aromatic carbocycles. The molecule has 0 spiro atoms. The molecule has 0 fully saturated rings. The van der Waals surface area contributed by atoms with Crippen LogP contribution < -0.4 is 4.90 Å². The number of para-hydroxylation sites is 3. The van der Waals surface area contributed by atoms with Gasteiger partial charge in [0.15, 0.2) is 0 Å². The fraction of sp³-hybridized carbons (Fsp3) is 0.0492. The summed E-state index contributed by atoms with van der Waals surface area (Å²) in [5.41, 5.74) is 18.9. The Balaban J connectivity index is 0.980. The lowest BCUT2D eigenvalue weighted by Gasteiger charge is -2.29. The minimum atomic E-state index is -0.120. The van der Waals surface area contributed by atoms with E-state index in [4.69, 9.17) is 8.83 Å². The van der Waals surface area contributed by atoms with Gasteiger partial charge in [0.05, 0.1) is 5.69 Å². The molecule has 0 radical (unpaired) electrons. The van der Waals surface area contributed by atoms with Crippen molar-refractivity contribution in [3.63, 3.8) is 0 Å². The summed E-state index contributed by atoms with van der Waals surface area (Å²) in [6.45, 7) is 4.72. The first-order valence-corrected chi connectivity index (χ1v) is 22.1. The van der Waals surface area contributed by atoms with Crippen molar-refractivity contribution >= 4 is 71.7 Å². The van der Waals surface area contributed by atoms with Crippen molar-refractivity contribution in [1.82, 2.24) is 0 Å². The molecule has 3 nitrogen and oxygen atoms in total. The molecule has 1 aliphatic carbocycles. The summed E-state index contributed by atoms with van der Waals surface area (Å²) in [6.07, 6.45) is 0. The normalized spacial score (nSPS) is 13.0. The van der Waals surface area contributed by atoms with Crippen LogP contribution in [0.25, 0.3) is 99.2 Å². The highest BCUT2D eigenvalue weighted by molar-refractivity contribution is 6.17. The molecule has 0 bridgehead atoms. The maximum atomic E-state index is 6.60. The molecule has 13 rings (SSSR count). The highest BCUT2D eigenvalue weighted by Crippen LogP contribution is 2.53. The standard InChI is InChI=1S/C61H41NO2/c1-61(2)53-24-8-5-16-46(53)50-22-11-19-44(59(50)61)38-28-32-42(33-29-38)62(43-34-30-39(31-35-43)45-20-12-23-51-48-18-7-10-26-55(48)64-60(45)51)54-25-9-6-17-47(54)49-21-13-27-56-58(49)52-36-40-14-3-4-15-41(40)37-57(52)63-56/h3-37H,1-2H3. The van der Waals surface area contributed by atoms with E-state index in [1.54, 1.807) is 0 Å². The quantitative estimate of drug-likeness (QED) is 0.167. The Morgan fingerprint density at radius 1 is 0.375 bits per heavy atom. The highest BCUT2D eigenvalue weighted by atomic mass is 16.3. The van der Waals surface area contributed by atoms with E-state index >= 15 is 0 Å². The van der Waals surface area contributed by atoms with Crippen LogP contribution in [-0.2, 0) is 5.41 Å². The zero-order chi connectivity index (χ0) is 42.5. The van der Waals surface area contributed by atoms with Gasteiger partial charge in [-0.25, -0.2) is 0 Å². The lowest BCUT2D eigenvalue weighted by atomic mass is 9.79. The zero-order valence-corrected chi connectivity index (χ0v) is 35.5. The Labute approximate surface area is 371 Å². The van der Waals surface area contributed by atoms with Gasteiger partial charge in [-0.3, -0.25) is 0 Å². The molecule has 2 heterocycles. The third kappa shape index (κ3) is 5.47. The van der Waals surface area contributed by atoms with Crippen LogP contribution in [0.5, 0.6) is 0 Å². The second kappa shape index (κ2) is 13.9. The minimum Gasteiger partial charge on any atom is -0.456 e. The number of fused-ring (bicyclic) bond motifs is 10. The van der Waals surface area contributed by atoms with E-state index in [0.29, 0.717) is 0 Å². The first-order valence-electron chi connectivity index (χ1n) is 22.1. The Hall–Kier alpha value is -8.14. The summed E-state index contributed by atoms with van der Waals surface area (Å²) < 4.78 is 13.1. The zero-order valence-electron chi connectivity index (χ0n) is 35.5. The number of hydrogen-bond donors (Lipinski definition) is 0. The fourth-order valence-corrected chi connectivity index (χ4v) is 10.7. The number of benzene rings is 10. The predicted molar refractivity (Wildman–Crippen MR) is 267 cm³/mol. The summed E-state index contributed by atoms with van der Waals surface area (Å²) in [5, 5.41) is 6.83. The van der Waals surface area contributed by atoms with E-state index in [9.17, 15) is 0 Å². The Morgan fingerprint density at radius 3 is 1.75 bits per heavy atom. The van der Waals surface area contributed by atoms with Gasteiger partial charge in [-0.2, -0.15) is 0 Å². The van der Waals surface area contributed by atoms with Crippen LogP contribution in [0.1, 0.15) is 25.0 Å². The van der Waals surface area contributed by atoms with Gasteiger partial charge in [-0.1, -0.05) is 172 Å². The highest BCUT2D eigenvalue weighted by Gasteiger charge is 2.37. The van der Waals surface area contributed by atoms with Gasteiger partial charge in [0.2, 0.25) is 0 Å². The SMILES string of the molecule is CC1(C)c2ccccc2-c2cccc(-c3ccc(N(c4ccc(-c5cccc6c5oc5ccccc56)cc4)c4ccccc4-c4cccc5oc6cc7ccccc7cc6c45)cc3)c21. The van der Waals surface area contributed by atoms with E-state index in [2.05, 4.69) is 219 Å². The smallest absolute Gasteiger partial charge is 0.143 e. The van der Waals surface area contributed by atoms with E-state index in [-0.39, 0.29) is 5.41 Å². The van der Waals surface area contributed by atoms with Crippen LogP contribution in [0, 0.1) is 0 Å². The van der Waals surface area contributed by atoms with E-state index < -0.39 is 0 Å². The first kappa shape index (κ1) is 36.5. The van der Waals surface area contributed by atoms with Crippen LogP contribution in [0.15, 0.2) is 221 Å². The number of nitrogens with zero attached hydrogens (tertiary/aromatic N) is 1. The predicted octanol–water partition coefficient (Wildman–Crippen LogP) is 17.4. The van der Waals surface area contributed by atoms with Gasteiger partial charge in [0.25, 0.3) is 0 Å². The number of rotatable bonds is 6. The maximum absolute atomic E-state index is 6.60. The fourth-order valence-electron chi connectivity index (χ4n) is 10.7. The molecule has 12 aromatic rings. The topological polar surface area (TPSA) is 29.5 Å². The van der Waals surface area contributed by atoms with Crippen LogP contribution in [0.3, 0.4) is 0 Å². The molecule has 0 atom stereocenters. The second-order valence-electron chi connectivity index (χ2n) is 17.6. The lowest BCUT2D eigenvalue weighted by molar-refractivity contribution is 0.662. The molecule has 0 aliphatic heterocycles. The average Bonchev–Trinajstić information content (AvgIpc) is 3.99. The largest absolute Gasteiger partial charge is 0.456 e. The average molecular weight is 820 g/mol. The van der Waals surface area contributed by atoms with Crippen molar-refractivity contribution in [2.45, 2.75) is 19.3 Å². The number of anilines is 3. The molecule has 0 saturated carbocycles. The van der Waals surface area contributed by atoms with Crippen molar-refractivity contribution in [2.75, 3.05) is 4.90 Å². The van der Waals surface area contributed by atoms with Crippen molar-refractivity contribution in [2.24, 2.45) is 0 Å². The molecule has 3 heteroatoms. The first-order chi connectivity index (χ1) is 31.5. The summed E-state index contributed by atoms with van der Waals surface area (Å²) in [6, 6.07) is 76.6. The van der Waals surface area contributed by atoms with Crippen molar-refractivity contribution < 1.29 is 8.83 Å². The molecule has 2 aromatic heterocycles. The maximum Gasteiger partial charge on any atom is 0.143 e. The second-order valence-corrected chi connectivity index (χ2v) is 17.6. The van der Waals surface area contributed by atoms with Gasteiger partial charge >= 0.3 is 0 Å². The molecule has 0 N–H and O–H groups in total. The van der Waals surface area contributed by atoms with E-state index in [0.717, 1.165) is 83.2 Å². The van der Waals surface area contributed by atoms with E-state index in [1.165, 1.54) is 44.2 Å². The molecular formula is C61H41NO2. The lowest BCUT2D eigenvalue weighted by Crippen LogP contribution is -2.16. The van der Waals surface area contributed by atoms with Crippen LogP contribution in [-0.4, -0.2) is 0 Å². The molecule has 1 aliphatic rings. The van der Waals surface area contributed by atoms with Crippen LogP contribution in [0.4, 0.5) is 17.1 Å². The van der Waals surface area contributed by atoms with Gasteiger partial charge < -0.3 is 13.7 Å². The third-order valence-corrected chi connectivity index (χ3v) is 13.7. The van der Waals surface area contributed by atoms with Crippen LogP contribution in [0.2, 0.25) is 0 Å². The molecule has 302 valence electrons. The molecule has 0 amide bonds. The third-order valence-electron chi connectivity index (χ3n) is 13.7. The Morgan fingerprint density at radius 2 is 0.938 bits per heavy atom. The molecule has 0 unspecified atom stereocenters. The van der Waals surface area contributed by atoms with Gasteiger partial charge in [0.1, 0.15) is 22.3 Å². The molecular weight excluding hydrogens is 779 g/mol. The Bertz CT molecular complexity index is 3810. The summed E-state index contributed by atoms with van der Waals surface area (Å²) in [7, 11) is 0.